The number of rotatable bonds is 5. The summed E-state index contributed by atoms with van der Waals surface area (Å²) in [5, 5.41) is 9.84. The van der Waals surface area contributed by atoms with Crippen LogP contribution < -0.4 is 0 Å². The zero-order valence-electron chi connectivity index (χ0n) is 10.8. The van der Waals surface area contributed by atoms with Gasteiger partial charge in [-0.15, -0.1) is 0 Å². The molecule has 16 heavy (non-hydrogen) atoms. The second-order valence-electron chi connectivity index (χ2n) is 5.06. The molecule has 0 radical (unpaired) electrons. The van der Waals surface area contributed by atoms with Gasteiger partial charge in [0.15, 0.2) is 0 Å². The molecule has 0 heterocycles. The Morgan fingerprint density at radius 2 is 1.81 bits per heavy atom. The lowest BCUT2D eigenvalue weighted by atomic mass is 10.0. The lowest BCUT2D eigenvalue weighted by molar-refractivity contribution is 0.0303. The Morgan fingerprint density at radius 1 is 1.25 bits per heavy atom. The molecule has 1 aromatic carbocycles. The van der Waals surface area contributed by atoms with E-state index in [1.165, 1.54) is 5.56 Å². The summed E-state index contributed by atoms with van der Waals surface area (Å²) in [4.78, 5) is 2.22. The molecule has 0 aliphatic heterocycles. The highest BCUT2D eigenvalue weighted by Crippen LogP contribution is 2.23. The average molecular weight is 221 g/mol. The summed E-state index contributed by atoms with van der Waals surface area (Å²) < 4.78 is 0. The number of likely N-dealkylation sites (N-methyl/N-ethyl adjacent to an activating group) is 1. The third-order valence-electron chi connectivity index (χ3n) is 2.74. The molecule has 0 aliphatic rings. The van der Waals surface area contributed by atoms with Crippen LogP contribution in [0.4, 0.5) is 0 Å². The Bertz CT molecular complexity index is 302. The van der Waals surface area contributed by atoms with Crippen LogP contribution in [0.5, 0.6) is 0 Å². The second-order valence-corrected chi connectivity index (χ2v) is 5.06. The van der Waals surface area contributed by atoms with E-state index in [0.717, 1.165) is 6.42 Å². The van der Waals surface area contributed by atoms with Gasteiger partial charge in [-0.1, -0.05) is 37.3 Å². The molecule has 90 valence electrons. The maximum Gasteiger partial charge on any atom is 0.0718 e. The number of hydrogen-bond donors (Lipinski definition) is 1. The average Bonchev–Trinajstić information content (AvgIpc) is 2.17. The molecule has 1 atom stereocenters. The first-order valence-corrected chi connectivity index (χ1v) is 5.91. The van der Waals surface area contributed by atoms with Crippen LogP contribution in [0.3, 0.4) is 0 Å². The van der Waals surface area contributed by atoms with E-state index >= 15 is 0 Å². The van der Waals surface area contributed by atoms with E-state index in [1.807, 2.05) is 19.9 Å². The van der Waals surface area contributed by atoms with E-state index in [0.29, 0.717) is 12.6 Å². The van der Waals surface area contributed by atoms with E-state index in [1.54, 1.807) is 0 Å². The molecule has 0 aliphatic carbocycles. The summed E-state index contributed by atoms with van der Waals surface area (Å²) in [6.07, 6.45) is 1.05. The third kappa shape index (κ3) is 3.95. The fourth-order valence-electron chi connectivity index (χ4n) is 2.20. The predicted octanol–water partition coefficient (Wildman–Crippen LogP) is 2.84. The van der Waals surface area contributed by atoms with Crippen molar-refractivity contribution < 1.29 is 5.11 Å². The second kappa shape index (κ2) is 5.46. The van der Waals surface area contributed by atoms with Crippen LogP contribution >= 0.6 is 0 Å². The van der Waals surface area contributed by atoms with Gasteiger partial charge in [0.05, 0.1) is 5.60 Å². The quantitative estimate of drug-likeness (QED) is 0.826. The number of hydrogen-bond acceptors (Lipinski definition) is 2. The van der Waals surface area contributed by atoms with Crippen LogP contribution in [-0.4, -0.2) is 29.2 Å². The summed E-state index contributed by atoms with van der Waals surface area (Å²) in [5.41, 5.74) is 0.675. The molecule has 0 aromatic heterocycles. The monoisotopic (exact) mass is 221 g/mol. The molecule has 1 N–H and O–H groups in total. The summed E-state index contributed by atoms with van der Waals surface area (Å²) >= 11 is 0. The predicted molar refractivity (Wildman–Crippen MR) is 68.4 cm³/mol. The fourth-order valence-corrected chi connectivity index (χ4v) is 2.20. The SMILES string of the molecule is CCC(c1ccccc1)N(C)CC(C)(C)O. The molecule has 2 heteroatoms. The van der Waals surface area contributed by atoms with Gasteiger partial charge in [0.2, 0.25) is 0 Å². The Kier molecular flexibility index (Phi) is 4.51. The Balaban J connectivity index is 2.75. The van der Waals surface area contributed by atoms with Gasteiger partial charge in [-0.3, -0.25) is 4.90 Å². The van der Waals surface area contributed by atoms with Crippen LogP contribution in [0.2, 0.25) is 0 Å². The minimum atomic E-state index is -0.642. The van der Waals surface area contributed by atoms with Crippen molar-refractivity contribution in [2.75, 3.05) is 13.6 Å². The maximum absolute atomic E-state index is 9.84. The zero-order chi connectivity index (χ0) is 12.2. The molecule has 0 saturated heterocycles. The summed E-state index contributed by atoms with van der Waals surface area (Å²) in [6.45, 7) is 6.56. The van der Waals surface area contributed by atoms with Crippen molar-refractivity contribution >= 4 is 0 Å². The van der Waals surface area contributed by atoms with Crippen LogP contribution in [0.15, 0.2) is 30.3 Å². The third-order valence-corrected chi connectivity index (χ3v) is 2.74. The first kappa shape index (κ1) is 13.2. The van der Waals surface area contributed by atoms with Gasteiger partial charge in [0, 0.05) is 12.6 Å². The first-order chi connectivity index (χ1) is 7.44. The summed E-state index contributed by atoms with van der Waals surface area (Å²) in [6, 6.07) is 10.8. The van der Waals surface area contributed by atoms with Crippen molar-refractivity contribution in [3.05, 3.63) is 35.9 Å². The topological polar surface area (TPSA) is 23.5 Å². The molecular weight excluding hydrogens is 198 g/mol. The molecule has 0 amide bonds. The standard InChI is InChI=1S/C14H23NO/c1-5-13(12-9-7-6-8-10-12)15(4)11-14(2,3)16/h6-10,13,16H,5,11H2,1-4H3. The molecule has 1 aromatic rings. The number of benzene rings is 1. The van der Waals surface area contributed by atoms with Crippen molar-refractivity contribution in [3.63, 3.8) is 0 Å². The minimum absolute atomic E-state index is 0.382. The number of nitrogens with zero attached hydrogens (tertiary/aromatic N) is 1. The largest absolute Gasteiger partial charge is 0.389 e. The van der Waals surface area contributed by atoms with Gasteiger partial charge in [-0.05, 0) is 32.9 Å². The van der Waals surface area contributed by atoms with E-state index in [4.69, 9.17) is 0 Å². The Morgan fingerprint density at radius 3 is 2.25 bits per heavy atom. The van der Waals surface area contributed by atoms with Gasteiger partial charge in [-0.2, -0.15) is 0 Å². The van der Waals surface area contributed by atoms with Gasteiger partial charge < -0.3 is 5.11 Å². The fraction of sp³-hybridized carbons (Fsp3) is 0.571. The van der Waals surface area contributed by atoms with Crippen molar-refractivity contribution in [2.45, 2.75) is 38.8 Å². The van der Waals surface area contributed by atoms with Crippen molar-refractivity contribution in [1.29, 1.82) is 0 Å². The van der Waals surface area contributed by atoms with Gasteiger partial charge in [-0.25, -0.2) is 0 Å². The molecule has 0 fully saturated rings. The van der Waals surface area contributed by atoms with E-state index in [2.05, 4.69) is 43.1 Å². The Labute approximate surface area is 98.9 Å². The molecule has 0 bridgehead atoms. The molecule has 2 nitrogen and oxygen atoms in total. The molecule has 0 spiro atoms. The molecular formula is C14H23NO. The lowest BCUT2D eigenvalue weighted by Crippen LogP contribution is -2.38. The molecule has 1 unspecified atom stereocenters. The van der Waals surface area contributed by atoms with Gasteiger partial charge >= 0.3 is 0 Å². The van der Waals surface area contributed by atoms with Crippen LogP contribution in [-0.2, 0) is 0 Å². The summed E-state index contributed by atoms with van der Waals surface area (Å²) in [7, 11) is 2.07. The number of aliphatic hydroxyl groups is 1. The van der Waals surface area contributed by atoms with E-state index in [9.17, 15) is 5.11 Å². The highest BCUT2D eigenvalue weighted by Gasteiger charge is 2.21. The van der Waals surface area contributed by atoms with Crippen LogP contribution in [0, 0.1) is 0 Å². The van der Waals surface area contributed by atoms with Gasteiger partial charge in [0.25, 0.3) is 0 Å². The normalized spacial score (nSPS) is 14.1. The van der Waals surface area contributed by atoms with E-state index in [-0.39, 0.29) is 0 Å². The van der Waals surface area contributed by atoms with Crippen LogP contribution in [0.1, 0.15) is 38.8 Å². The molecule has 1 rings (SSSR count). The highest BCUT2D eigenvalue weighted by molar-refractivity contribution is 5.18. The first-order valence-electron chi connectivity index (χ1n) is 5.91. The van der Waals surface area contributed by atoms with E-state index < -0.39 is 5.60 Å². The molecule has 0 saturated carbocycles. The summed E-state index contributed by atoms with van der Waals surface area (Å²) in [5.74, 6) is 0. The maximum atomic E-state index is 9.84. The van der Waals surface area contributed by atoms with Crippen molar-refractivity contribution in [3.8, 4) is 0 Å². The lowest BCUT2D eigenvalue weighted by Gasteiger charge is -2.32. The highest BCUT2D eigenvalue weighted by atomic mass is 16.3. The van der Waals surface area contributed by atoms with Gasteiger partial charge in [0.1, 0.15) is 0 Å². The van der Waals surface area contributed by atoms with Crippen molar-refractivity contribution in [2.24, 2.45) is 0 Å². The smallest absolute Gasteiger partial charge is 0.0718 e. The zero-order valence-corrected chi connectivity index (χ0v) is 10.8. The van der Waals surface area contributed by atoms with Crippen molar-refractivity contribution in [1.82, 2.24) is 4.90 Å². The Hall–Kier alpha value is -0.860. The minimum Gasteiger partial charge on any atom is -0.389 e. The van der Waals surface area contributed by atoms with Crippen LogP contribution in [0.25, 0.3) is 0 Å².